The zero-order valence-electron chi connectivity index (χ0n) is 12.0. The normalized spacial score (nSPS) is 30.9. The molecule has 3 fully saturated rings. The first-order valence-electron chi connectivity index (χ1n) is 6.92. The fourth-order valence-corrected chi connectivity index (χ4v) is 3.89. The fourth-order valence-electron chi connectivity index (χ4n) is 3.74. The number of fused-ring (bicyclic) bond motifs is 2. The summed E-state index contributed by atoms with van der Waals surface area (Å²) in [5, 5.41) is 0. The zero-order chi connectivity index (χ0) is 14.7. The van der Waals surface area contributed by atoms with Crippen LogP contribution in [0.25, 0.3) is 0 Å². The van der Waals surface area contributed by atoms with Gasteiger partial charge in [-0.3, -0.25) is 9.59 Å². The molecule has 0 spiro atoms. The molecule has 0 amide bonds. The van der Waals surface area contributed by atoms with Crippen molar-refractivity contribution in [3.8, 4) is 5.75 Å². The quantitative estimate of drug-likeness (QED) is 0.621. The van der Waals surface area contributed by atoms with Crippen molar-refractivity contribution in [2.45, 2.75) is 33.1 Å². The van der Waals surface area contributed by atoms with Crippen molar-refractivity contribution >= 4 is 21.0 Å². The molecule has 4 heteroatoms. The van der Waals surface area contributed by atoms with E-state index >= 15 is 0 Å². The number of hydrogen-bond acceptors (Lipinski definition) is 3. The number of carbonyl (C=O) groups is 2. The second-order valence-electron chi connectivity index (χ2n) is 6.54. The zero-order valence-corrected chi connectivity index (χ0v) is 13.1. The van der Waals surface area contributed by atoms with Crippen molar-refractivity contribution in [3.63, 3.8) is 0 Å². The van der Waals surface area contributed by atoms with Gasteiger partial charge in [0.15, 0.2) is 11.6 Å². The van der Waals surface area contributed by atoms with Crippen LogP contribution in [0, 0.1) is 24.2 Å². The fraction of sp³-hybridized carbons (Fsp3) is 0.500. The number of aryl methyl sites for hydroxylation is 1. The molecule has 1 aromatic rings. The standard InChI is InChI=1S/C16H19O3P/c1-8-4-5-9(19-20)6-10(8)13-14(17)11-7-12(15(13)18)16(11,2)3/h4-6,11-13H,7,20H2,1-3H3. The summed E-state index contributed by atoms with van der Waals surface area (Å²) in [4.78, 5) is 25.3. The maximum atomic E-state index is 12.7. The molecule has 3 saturated carbocycles. The Labute approximate surface area is 121 Å². The van der Waals surface area contributed by atoms with Crippen LogP contribution in [-0.2, 0) is 9.59 Å². The molecule has 0 N–H and O–H groups in total. The van der Waals surface area contributed by atoms with Gasteiger partial charge < -0.3 is 4.52 Å². The van der Waals surface area contributed by atoms with E-state index in [1.54, 1.807) is 0 Å². The highest BCUT2D eigenvalue weighted by Gasteiger charge is 2.62. The second kappa shape index (κ2) is 4.39. The minimum Gasteiger partial charge on any atom is -0.480 e. The summed E-state index contributed by atoms with van der Waals surface area (Å²) in [6, 6.07) is 5.56. The van der Waals surface area contributed by atoms with Crippen LogP contribution in [0.2, 0.25) is 0 Å². The lowest BCUT2D eigenvalue weighted by molar-refractivity contribution is -0.163. The maximum absolute atomic E-state index is 12.7. The molecule has 20 heavy (non-hydrogen) atoms. The van der Waals surface area contributed by atoms with Gasteiger partial charge in [-0.05, 0) is 42.0 Å². The third kappa shape index (κ3) is 1.69. The highest BCUT2D eigenvalue weighted by atomic mass is 31.0. The topological polar surface area (TPSA) is 43.4 Å². The van der Waals surface area contributed by atoms with Gasteiger partial charge in [-0.15, -0.1) is 0 Å². The van der Waals surface area contributed by atoms with Gasteiger partial charge in [-0.2, -0.15) is 0 Å². The first-order valence-corrected chi connectivity index (χ1v) is 7.39. The van der Waals surface area contributed by atoms with Gasteiger partial charge in [0.05, 0.1) is 9.47 Å². The Hall–Kier alpha value is -1.21. The van der Waals surface area contributed by atoms with Crippen molar-refractivity contribution in [1.82, 2.24) is 0 Å². The Morgan fingerprint density at radius 2 is 1.80 bits per heavy atom. The number of benzene rings is 1. The molecule has 3 aliphatic rings. The summed E-state index contributed by atoms with van der Waals surface area (Å²) in [6.45, 7) is 6.01. The van der Waals surface area contributed by atoms with Crippen LogP contribution < -0.4 is 4.52 Å². The van der Waals surface area contributed by atoms with Crippen LogP contribution in [-0.4, -0.2) is 11.6 Å². The van der Waals surface area contributed by atoms with E-state index in [0.717, 1.165) is 17.5 Å². The van der Waals surface area contributed by atoms with E-state index in [9.17, 15) is 9.59 Å². The number of ketones is 2. The van der Waals surface area contributed by atoms with E-state index in [2.05, 4.69) is 9.47 Å². The molecule has 4 rings (SSSR count). The van der Waals surface area contributed by atoms with E-state index in [1.165, 1.54) is 0 Å². The molecule has 0 heterocycles. The van der Waals surface area contributed by atoms with Crippen molar-refractivity contribution in [3.05, 3.63) is 29.3 Å². The predicted octanol–water partition coefficient (Wildman–Crippen LogP) is 3.06. The lowest BCUT2D eigenvalue weighted by Gasteiger charge is -2.56. The van der Waals surface area contributed by atoms with Crippen LogP contribution in [0.5, 0.6) is 5.75 Å². The number of rotatable bonds is 2. The molecule has 3 nitrogen and oxygen atoms in total. The highest BCUT2D eigenvalue weighted by molar-refractivity contribution is 7.10. The molecule has 3 unspecified atom stereocenters. The third-order valence-corrected chi connectivity index (χ3v) is 5.49. The Morgan fingerprint density at radius 1 is 1.20 bits per heavy atom. The summed E-state index contributed by atoms with van der Waals surface area (Å²) < 4.78 is 5.14. The largest absolute Gasteiger partial charge is 0.480 e. The summed E-state index contributed by atoms with van der Waals surface area (Å²) in [5.41, 5.74) is 1.62. The monoisotopic (exact) mass is 290 g/mol. The van der Waals surface area contributed by atoms with E-state index in [4.69, 9.17) is 4.52 Å². The van der Waals surface area contributed by atoms with E-state index in [-0.39, 0.29) is 28.8 Å². The van der Waals surface area contributed by atoms with Crippen LogP contribution in [0.15, 0.2) is 18.2 Å². The van der Waals surface area contributed by atoms with Crippen LogP contribution in [0.4, 0.5) is 0 Å². The first-order chi connectivity index (χ1) is 9.37. The van der Waals surface area contributed by atoms with Crippen molar-refractivity contribution in [2.75, 3.05) is 0 Å². The SMILES string of the molecule is Cc1ccc(OP)cc1C1C(=O)C2CC(C1=O)C2(C)C. The maximum Gasteiger partial charge on any atom is 0.151 e. The molecule has 3 aliphatic carbocycles. The van der Waals surface area contributed by atoms with E-state index < -0.39 is 5.92 Å². The molecule has 0 saturated heterocycles. The Morgan fingerprint density at radius 3 is 2.30 bits per heavy atom. The van der Waals surface area contributed by atoms with Gasteiger partial charge in [0.2, 0.25) is 0 Å². The Bertz CT molecular complexity index is 582. The number of Topliss-reactive ketones (excluding diaryl/α,β-unsaturated/α-hetero) is 2. The van der Waals surface area contributed by atoms with Gasteiger partial charge in [-0.25, -0.2) is 0 Å². The summed E-state index contributed by atoms with van der Waals surface area (Å²) in [6.07, 6.45) is 0.736. The van der Waals surface area contributed by atoms with Crippen molar-refractivity contribution in [1.29, 1.82) is 0 Å². The van der Waals surface area contributed by atoms with Gasteiger partial charge in [0.1, 0.15) is 11.7 Å². The van der Waals surface area contributed by atoms with Gasteiger partial charge in [0, 0.05) is 11.8 Å². The first kappa shape index (κ1) is 13.8. The summed E-state index contributed by atoms with van der Waals surface area (Å²) in [7, 11) is 2.19. The lowest BCUT2D eigenvalue weighted by Crippen LogP contribution is -2.60. The lowest BCUT2D eigenvalue weighted by atomic mass is 9.45. The third-order valence-electron chi connectivity index (χ3n) is 5.22. The van der Waals surface area contributed by atoms with E-state index in [1.807, 2.05) is 39.0 Å². The predicted molar refractivity (Wildman–Crippen MR) is 79.7 cm³/mol. The van der Waals surface area contributed by atoms with Gasteiger partial charge in [0.25, 0.3) is 0 Å². The van der Waals surface area contributed by atoms with Gasteiger partial charge in [-0.1, -0.05) is 19.9 Å². The summed E-state index contributed by atoms with van der Waals surface area (Å²) >= 11 is 0. The van der Waals surface area contributed by atoms with Gasteiger partial charge >= 0.3 is 0 Å². The molecular weight excluding hydrogens is 271 g/mol. The molecule has 106 valence electrons. The summed E-state index contributed by atoms with van der Waals surface area (Å²) in [5.74, 6) is 0.296. The molecule has 0 aromatic heterocycles. The number of hydrogen-bond donors (Lipinski definition) is 0. The average Bonchev–Trinajstić information content (AvgIpc) is 2.39. The molecular formula is C16H19O3P. The minimum absolute atomic E-state index is 0.0233. The Kier molecular flexibility index (Phi) is 3.02. The number of carbonyl (C=O) groups excluding carboxylic acids is 2. The second-order valence-corrected chi connectivity index (χ2v) is 6.77. The van der Waals surface area contributed by atoms with E-state index in [0.29, 0.717) is 5.75 Å². The molecule has 0 aliphatic heterocycles. The smallest absolute Gasteiger partial charge is 0.151 e. The van der Waals surface area contributed by atoms with Crippen molar-refractivity contribution in [2.24, 2.45) is 17.3 Å². The molecule has 0 radical (unpaired) electrons. The highest BCUT2D eigenvalue weighted by Crippen LogP contribution is 2.59. The van der Waals surface area contributed by atoms with Crippen LogP contribution in [0.1, 0.15) is 37.3 Å². The molecule has 1 aromatic carbocycles. The average molecular weight is 290 g/mol. The Balaban J connectivity index is 2.04. The van der Waals surface area contributed by atoms with Crippen molar-refractivity contribution < 1.29 is 14.1 Å². The molecule has 2 bridgehead atoms. The van der Waals surface area contributed by atoms with Crippen LogP contribution >= 0.6 is 9.47 Å². The minimum atomic E-state index is -0.591. The molecule has 3 atom stereocenters. The van der Waals surface area contributed by atoms with Crippen LogP contribution in [0.3, 0.4) is 0 Å².